The van der Waals surface area contributed by atoms with E-state index in [1.165, 1.54) is 26.7 Å². The molecule has 0 saturated heterocycles. The molecule has 0 radical (unpaired) electrons. The van der Waals surface area contributed by atoms with Gasteiger partial charge in [-0.2, -0.15) is 0 Å². The van der Waals surface area contributed by atoms with Crippen LogP contribution in [0.2, 0.25) is 0 Å². The highest BCUT2D eigenvalue weighted by Crippen LogP contribution is 2.10. The maximum absolute atomic E-state index is 5.11. The molecule has 1 aromatic rings. The minimum Gasteiger partial charge on any atom is -0.509 e. The van der Waals surface area contributed by atoms with Crippen LogP contribution in [0.1, 0.15) is 0 Å². The Morgan fingerprint density at radius 2 is 2.09 bits per heavy atom. The topological polar surface area (TPSA) is 40.8 Å². The molecule has 0 saturated carbocycles. The Kier molecular flexibility index (Phi) is 3.01. The van der Waals surface area contributed by atoms with Crippen molar-refractivity contribution < 1.29 is 18.4 Å². The molecule has 1 heterocycles. The number of furan rings is 1. The van der Waals surface area contributed by atoms with Crippen LogP contribution in [0.4, 0.5) is 0 Å². The van der Waals surface area contributed by atoms with Gasteiger partial charge in [0.2, 0.25) is 0 Å². The lowest BCUT2D eigenvalue weighted by molar-refractivity contribution is 0.201. The van der Waals surface area contributed by atoms with E-state index in [1.807, 2.05) is 0 Å². The zero-order chi connectivity index (χ0) is 8.10. The Morgan fingerprint density at radius 3 is 2.55 bits per heavy atom. The van der Waals surface area contributed by atoms with Crippen LogP contribution in [-0.2, 0) is 9.31 Å². The summed E-state index contributed by atoms with van der Waals surface area (Å²) in [5, 5.41) is 0. The molecule has 0 aliphatic heterocycles. The van der Waals surface area contributed by atoms with E-state index < -0.39 is 7.32 Å². The molecule has 1 rings (SSSR count). The van der Waals surface area contributed by atoms with Crippen molar-refractivity contribution in [1.82, 2.24) is 0 Å². The minimum absolute atomic E-state index is 0.582. The van der Waals surface area contributed by atoms with Gasteiger partial charge in [-0.05, 0) is 0 Å². The molecule has 0 aliphatic rings. The van der Waals surface area contributed by atoms with Crippen LogP contribution in [0.15, 0.2) is 23.0 Å². The van der Waals surface area contributed by atoms with E-state index in [9.17, 15) is 0 Å². The Labute approximate surface area is 65.2 Å². The molecule has 0 amide bonds. The average Bonchev–Trinajstić information content (AvgIpc) is 2.52. The predicted molar refractivity (Wildman–Crippen MR) is 39.1 cm³/mol. The summed E-state index contributed by atoms with van der Waals surface area (Å²) in [6.07, 6.45) is 2.97. The molecule has 0 bridgehead atoms. The molecule has 0 aromatic carbocycles. The first-order valence-electron chi connectivity index (χ1n) is 3.11. The third-order valence-corrected chi connectivity index (χ3v) is 1.11. The zero-order valence-corrected chi connectivity index (χ0v) is 6.44. The number of hydrogen-bond acceptors (Lipinski definition) is 4. The highest BCUT2D eigenvalue weighted by atomic mass is 16.7. The molecule has 1 aromatic heterocycles. The van der Waals surface area contributed by atoms with Gasteiger partial charge in [0.05, 0.1) is 6.26 Å². The van der Waals surface area contributed by atoms with Crippen LogP contribution in [0.25, 0.3) is 0 Å². The maximum atomic E-state index is 5.11. The normalized spacial score (nSPS) is 9.64. The van der Waals surface area contributed by atoms with Crippen molar-refractivity contribution in [2.45, 2.75) is 0 Å². The third kappa shape index (κ3) is 2.29. The maximum Gasteiger partial charge on any atom is 0.712 e. The lowest BCUT2D eigenvalue weighted by atomic mass is 10.2. The first kappa shape index (κ1) is 8.16. The third-order valence-electron chi connectivity index (χ3n) is 1.11. The van der Waals surface area contributed by atoms with E-state index in [2.05, 4.69) is 0 Å². The molecule has 4 nitrogen and oxygen atoms in total. The summed E-state index contributed by atoms with van der Waals surface area (Å²) >= 11 is 0. The van der Waals surface area contributed by atoms with E-state index in [4.69, 9.17) is 18.4 Å². The fourth-order valence-electron chi connectivity index (χ4n) is 0.623. The first-order valence-corrected chi connectivity index (χ1v) is 3.11. The Morgan fingerprint density at radius 1 is 1.36 bits per heavy atom. The SMILES string of the molecule is COB(OC)Oc1ccoc1. The van der Waals surface area contributed by atoms with Gasteiger partial charge in [-0.25, -0.2) is 0 Å². The van der Waals surface area contributed by atoms with Gasteiger partial charge in [-0.1, -0.05) is 0 Å². The van der Waals surface area contributed by atoms with Crippen molar-refractivity contribution in [2.75, 3.05) is 14.2 Å². The van der Waals surface area contributed by atoms with E-state index in [1.54, 1.807) is 6.07 Å². The molecular formula is C6H9BO4. The highest BCUT2D eigenvalue weighted by Gasteiger charge is 2.19. The summed E-state index contributed by atoms with van der Waals surface area (Å²) < 4.78 is 19.5. The van der Waals surface area contributed by atoms with E-state index in [-0.39, 0.29) is 0 Å². The smallest absolute Gasteiger partial charge is 0.509 e. The Hall–Kier alpha value is -0.935. The van der Waals surface area contributed by atoms with E-state index in [0.717, 1.165) is 0 Å². The molecule has 0 aliphatic carbocycles. The average molecular weight is 156 g/mol. The summed E-state index contributed by atoms with van der Waals surface area (Å²) in [7, 11) is 2.32. The molecule has 0 unspecified atom stereocenters. The molecule has 0 spiro atoms. The first-order chi connectivity index (χ1) is 5.36. The predicted octanol–water partition coefficient (Wildman–Crippen LogP) is 0.936. The van der Waals surface area contributed by atoms with E-state index >= 15 is 0 Å². The second-order valence-electron chi connectivity index (χ2n) is 1.84. The van der Waals surface area contributed by atoms with E-state index in [0.29, 0.717) is 5.75 Å². The standard InChI is InChI=1S/C6H9BO4/c1-8-7(9-2)11-6-3-4-10-5-6/h3-5H,1-2H3. The minimum atomic E-state index is -0.674. The fourth-order valence-corrected chi connectivity index (χ4v) is 0.623. The van der Waals surface area contributed by atoms with Crippen molar-refractivity contribution in [3.8, 4) is 5.75 Å². The largest absolute Gasteiger partial charge is 0.712 e. The van der Waals surface area contributed by atoms with Gasteiger partial charge in [-0.15, -0.1) is 0 Å². The van der Waals surface area contributed by atoms with Gasteiger partial charge < -0.3 is 18.4 Å². The second kappa shape index (κ2) is 4.05. The van der Waals surface area contributed by atoms with Gasteiger partial charge in [0, 0.05) is 20.3 Å². The molecule has 11 heavy (non-hydrogen) atoms. The van der Waals surface area contributed by atoms with Gasteiger partial charge in [-0.3, -0.25) is 0 Å². The lowest BCUT2D eigenvalue weighted by Gasteiger charge is -2.06. The van der Waals surface area contributed by atoms with Crippen LogP contribution in [0, 0.1) is 0 Å². The second-order valence-corrected chi connectivity index (χ2v) is 1.84. The van der Waals surface area contributed by atoms with Gasteiger partial charge in [0.1, 0.15) is 12.0 Å². The Bertz CT molecular complexity index is 182. The van der Waals surface area contributed by atoms with Crippen molar-refractivity contribution in [3.63, 3.8) is 0 Å². The number of rotatable bonds is 4. The summed E-state index contributed by atoms with van der Waals surface area (Å²) in [6.45, 7) is 0. The molecule has 60 valence electrons. The van der Waals surface area contributed by atoms with Gasteiger partial charge in [0.25, 0.3) is 0 Å². The molecule has 0 fully saturated rings. The van der Waals surface area contributed by atoms with Crippen molar-refractivity contribution in [1.29, 1.82) is 0 Å². The lowest BCUT2D eigenvalue weighted by Crippen LogP contribution is -2.26. The summed E-state index contributed by atoms with van der Waals surface area (Å²) in [5.74, 6) is 0.582. The van der Waals surface area contributed by atoms with Gasteiger partial charge >= 0.3 is 7.32 Å². The summed E-state index contributed by atoms with van der Waals surface area (Å²) in [6, 6.07) is 1.67. The number of hydrogen-bond donors (Lipinski definition) is 0. The van der Waals surface area contributed by atoms with Crippen molar-refractivity contribution in [2.24, 2.45) is 0 Å². The van der Waals surface area contributed by atoms with Crippen LogP contribution in [-0.4, -0.2) is 21.5 Å². The molecule has 0 N–H and O–H groups in total. The molecule has 0 atom stereocenters. The van der Waals surface area contributed by atoms with Crippen LogP contribution >= 0.6 is 0 Å². The summed E-state index contributed by atoms with van der Waals surface area (Å²) in [5.41, 5.74) is 0. The van der Waals surface area contributed by atoms with Crippen molar-refractivity contribution >= 4 is 7.32 Å². The summed E-state index contributed by atoms with van der Waals surface area (Å²) in [4.78, 5) is 0. The zero-order valence-electron chi connectivity index (χ0n) is 6.44. The fraction of sp³-hybridized carbons (Fsp3) is 0.333. The van der Waals surface area contributed by atoms with Crippen molar-refractivity contribution in [3.05, 3.63) is 18.6 Å². The molecule has 5 heteroatoms. The van der Waals surface area contributed by atoms with Crippen LogP contribution < -0.4 is 4.65 Å². The Balaban J connectivity index is 2.41. The van der Waals surface area contributed by atoms with Crippen LogP contribution in [0.3, 0.4) is 0 Å². The van der Waals surface area contributed by atoms with Gasteiger partial charge in [0.15, 0.2) is 0 Å². The quantitative estimate of drug-likeness (QED) is 0.608. The monoisotopic (exact) mass is 156 g/mol. The van der Waals surface area contributed by atoms with Crippen LogP contribution in [0.5, 0.6) is 5.75 Å². The molecular weight excluding hydrogens is 147 g/mol. The highest BCUT2D eigenvalue weighted by molar-refractivity contribution is 6.37.